The van der Waals surface area contributed by atoms with Gasteiger partial charge in [-0.15, -0.1) is 0 Å². The van der Waals surface area contributed by atoms with Crippen molar-refractivity contribution in [3.8, 4) is 0 Å². The van der Waals surface area contributed by atoms with Crippen molar-refractivity contribution in [2.24, 2.45) is 5.92 Å². The second kappa shape index (κ2) is 5.83. The van der Waals surface area contributed by atoms with Gasteiger partial charge in [-0.2, -0.15) is 0 Å². The Hall–Kier alpha value is -1.22. The van der Waals surface area contributed by atoms with Gasteiger partial charge in [0.15, 0.2) is 0 Å². The molecular weight excluding hydrogens is 236 g/mol. The Kier molecular flexibility index (Phi) is 3.92. The van der Waals surface area contributed by atoms with E-state index in [4.69, 9.17) is 4.74 Å². The molecule has 0 aromatic heterocycles. The minimum atomic E-state index is 0.678. The van der Waals surface area contributed by atoms with Crippen molar-refractivity contribution >= 4 is 11.4 Å². The van der Waals surface area contributed by atoms with Crippen molar-refractivity contribution in [1.29, 1.82) is 0 Å². The predicted molar refractivity (Wildman–Crippen MR) is 80.0 cm³/mol. The first-order chi connectivity index (χ1) is 9.33. The molecule has 3 nitrogen and oxygen atoms in total. The molecule has 104 valence electrons. The molecule has 0 spiro atoms. The molecule has 3 heteroatoms. The molecule has 0 bridgehead atoms. The summed E-state index contributed by atoms with van der Waals surface area (Å²) in [6.07, 6.45) is 3.86. The summed E-state index contributed by atoms with van der Waals surface area (Å²) in [7, 11) is 0. The van der Waals surface area contributed by atoms with Gasteiger partial charge in [0.05, 0.1) is 6.61 Å². The lowest BCUT2D eigenvalue weighted by molar-refractivity contribution is 0.187. The van der Waals surface area contributed by atoms with Crippen LogP contribution < -0.4 is 10.2 Å². The van der Waals surface area contributed by atoms with E-state index in [1.165, 1.54) is 49.3 Å². The van der Waals surface area contributed by atoms with Gasteiger partial charge in [0, 0.05) is 43.5 Å². The van der Waals surface area contributed by atoms with Crippen LogP contribution in [-0.2, 0) is 4.74 Å². The van der Waals surface area contributed by atoms with E-state index in [-0.39, 0.29) is 0 Å². The first-order valence-corrected chi connectivity index (χ1v) is 7.50. The van der Waals surface area contributed by atoms with Crippen LogP contribution in [0.3, 0.4) is 0 Å². The van der Waals surface area contributed by atoms with E-state index in [1.54, 1.807) is 0 Å². The number of nitrogens with one attached hydrogen (secondary N) is 1. The molecule has 1 aromatic carbocycles. The van der Waals surface area contributed by atoms with Crippen LogP contribution in [0.15, 0.2) is 18.2 Å². The van der Waals surface area contributed by atoms with Crippen molar-refractivity contribution in [3.63, 3.8) is 0 Å². The summed E-state index contributed by atoms with van der Waals surface area (Å²) in [5, 5.41) is 3.57. The molecule has 2 saturated heterocycles. The fourth-order valence-electron chi connectivity index (χ4n) is 3.02. The lowest BCUT2D eigenvalue weighted by Crippen LogP contribution is -2.18. The molecule has 1 atom stereocenters. The van der Waals surface area contributed by atoms with Crippen LogP contribution in [-0.4, -0.2) is 32.8 Å². The van der Waals surface area contributed by atoms with E-state index in [1.807, 2.05) is 0 Å². The third kappa shape index (κ3) is 3.03. The minimum absolute atomic E-state index is 0.678. The Balaban J connectivity index is 1.61. The van der Waals surface area contributed by atoms with Crippen LogP contribution >= 0.6 is 0 Å². The monoisotopic (exact) mass is 260 g/mol. The van der Waals surface area contributed by atoms with Gasteiger partial charge in [0.2, 0.25) is 0 Å². The molecule has 1 unspecified atom stereocenters. The molecule has 2 heterocycles. The van der Waals surface area contributed by atoms with E-state index in [0.29, 0.717) is 5.92 Å². The van der Waals surface area contributed by atoms with Crippen molar-refractivity contribution in [2.45, 2.75) is 26.2 Å². The SMILES string of the molecule is Cc1cc(N2CCCC2)ccc1NCC1CCOC1. The van der Waals surface area contributed by atoms with Crippen LogP contribution in [0.25, 0.3) is 0 Å². The summed E-state index contributed by atoms with van der Waals surface area (Å²) in [6, 6.07) is 6.81. The van der Waals surface area contributed by atoms with Crippen LogP contribution in [0.2, 0.25) is 0 Å². The van der Waals surface area contributed by atoms with Gasteiger partial charge in [-0.05, 0) is 49.9 Å². The van der Waals surface area contributed by atoms with Gasteiger partial charge in [0.25, 0.3) is 0 Å². The Morgan fingerprint density at radius 1 is 1.32 bits per heavy atom. The summed E-state index contributed by atoms with van der Waals surface area (Å²) in [5.74, 6) is 0.678. The maximum atomic E-state index is 5.42. The number of ether oxygens (including phenoxy) is 1. The fraction of sp³-hybridized carbons (Fsp3) is 0.625. The predicted octanol–water partition coefficient (Wildman–Crippen LogP) is 3.04. The molecule has 2 aliphatic rings. The molecule has 3 rings (SSSR count). The maximum absolute atomic E-state index is 5.42. The number of hydrogen-bond acceptors (Lipinski definition) is 3. The molecule has 0 saturated carbocycles. The average Bonchev–Trinajstić information content (AvgIpc) is 3.10. The first kappa shape index (κ1) is 12.8. The smallest absolute Gasteiger partial charge is 0.0511 e. The number of hydrogen-bond donors (Lipinski definition) is 1. The molecule has 0 aliphatic carbocycles. The number of aryl methyl sites for hydroxylation is 1. The van der Waals surface area contributed by atoms with E-state index in [9.17, 15) is 0 Å². The minimum Gasteiger partial charge on any atom is -0.384 e. The number of rotatable bonds is 4. The Bertz CT molecular complexity index is 421. The zero-order valence-corrected chi connectivity index (χ0v) is 11.8. The molecular formula is C16H24N2O. The highest BCUT2D eigenvalue weighted by Crippen LogP contribution is 2.26. The van der Waals surface area contributed by atoms with Gasteiger partial charge in [-0.25, -0.2) is 0 Å². The standard InChI is InChI=1S/C16H24N2O/c1-13-10-15(18-7-2-3-8-18)4-5-16(13)17-11-14-6-9-19-12-14/h4-5,10,14,17H,2-3,6-9,11-12H2,1H3. The first-order valence-electron chi connectivity index (χ1n) is 7.50. The summed E-state index contributed by atoms with van der Waals surface area (Å²) < 4.78 is 5.42. The van der Waals surface area contributed by atoms with E-state index >= 15 is 0 Å². The Morgan fingerprint density at radius 2 is 2.16 bits per heavy atom. The summed E-state index contributed by atoms with van der Waals surface area (Å²) >= 11 is 0. The van der Waals surface area contributed by atoms with E-state index in [0.717, 1.165) is 19.8 Å². The zero-order valence-electron chi connectivity index (χ0n) is 11.8. The van der Waals surface area contributed by atoms with Crippen molar-refractivity contribution in [1.82, 2.24) is 0 Å². The summed E-state index contributed by atoms with van der Waals surface area (Å²) in [6.45, 7) is 7.51. The summed E-state index contributed by atoms with van der Waals surface area (Å²) in [4.78, 5) is 2.49. The molecule has 1 aromatic rings. The van der Waals surface area contributed by atoms with Crippen molar-refractivity contribution in [2.75, 3.05) is 43.1 Å². The molecule has 1 N–H and O–H groups in total. The summed E-state index contributed by atoms with van der Waals surface area (Å²) in [5.41, 5.74) is 4.00. The molecule has 0 radical (unpaired) electrons. The average molecular weight is 260 g/mol. The van der Waals surface area contributed by atoms with Crippen LogP contribution in [0.1, 0.15) is 24.8 Å². The van der Waals surface area contributed by atoms with Crippen LogP contribution in [0.4, 0.5) is 11.4 Å². The highest BCUT2D eigenvalue weighted by molar-refractivity contribution is 5.60. The zero-order chi connectivity index (χ0) is 13.1. The molecule has 2 aliphatic heterocycles. The maximum Gasteiger partial charge on any atom is 0.0511 e. The highest BCUT2D eigenvalue weighted by Gasteiger charge is 2.16. The molecule has 2 fully saturated rings. The van der Waals surface area contributed by atoms with Gasteiger partial charge in [0.1, 0.15) is 0 Å². The van der Waals surface area contributed by atoms with Gasteiger partial charge in [-0.3, -0.25) is 0 Å². The van der Waals surface area contributed by atoms with E-state index in [2.05, 4.69) is 35.3 Å². The van der Waals surface area contributed by atoms with Gasteiger partial charge >= 0.3 is 0 Å². The second-order valence-corrected chi connectivity index (χ2v) is 5.80. The Morgan fingerprint density at radius 3 is 2.84 bits per heavy atom. The van der Waals surface area contributed by atoms with Crippen LogP contribution in [0.5, 0.6) is 0 Å². The molecule has 0 amide bonds. The quantitative estimate of drug-likeness (QED) is 0.900. The third-order valence-electron chi connectivity index (χ3n) is 4.29. The van der Waals surface area contributed by atoms with Gasteiger partial charge in [-0.1, -0.05) is 0 Å². The highest BCUT2D eigenvalue weighted by atomic mass is 16.5. The van der Waals surface area contributed by atoms with Crippen molar-refractivity contribution in [3.05, 3.63) is 23.8 Å². The number of anilines is 2. The number of nitrogens with zero attached hydrogens (tertiary/aromatic N) is 1. The second-order valence-electron chi connectivity index (χ2n) is 5.80. The molecule has 19 heavy (non-hydrogen) atoms. The lowest BCUT2D eigenvalue weighted by Gasteiger charge is -2.20. The van der Waals surface area contributed by atoms with Gasteiger partial charge < -0.3 is 15.0 Å². The third-order valence-corrected chi connectivity index (χ3v) is 4.29. The topological polar surface area (TPSA) is 24.5 Å². The lowest BCUT2D eigenvalue weighted by atomic mass is 10.1. The Labute approximate surface area is 115 Å². The normalized spacial score (nSPS) is 23.0. The van der Waals surface area contributed by atoms with E-state index < -0.39 is 0 Å². The van der Waals surface area contributed by atoms with Crippen molar-refractivity contribution < 1.29 is 4.74 Å². The largest absolute Gasteiger partial charge is 0.384 e. The van der Waals surface area contributed by atoms with Crippen LogP contribution in [0, 0.1) is 12.8 Å². The fourth-order valence-corrected chi connectivity index (χ4v) is 3.02. The number of benzene rings is 1.